The molecule has 0 saturated carbocycles. The summed E-state index contributed by atoms with van der Waals surface area (Å²) < 4.78 is 10.6. The third-order valence-electron chi connectivity index (χ3n) is 5.35. The van der Waals surface area contributed by atoms with Crippen LogP contribution in [-0.2, 0) is 17.8 Å². The highest BCUT2D eigenvalue weighted by molar-refractivity contribution is 6.15. The molecule has 1 unspecified atom stereocenters. The second-order valence-electron chi connectivity index (χ2n) is 7.77. The summed E-state index contributed by atoms with van der Waals surface area (Å²) in [6.07, 6.45) is 1.61. The van der Waals surface area contributed by atoms with Gasteiger partial charge in [-0.15, -0.1) is 0 Å². The van der Waals surface area contributed by atoms with Gasteiger partial charge in [-0.1, -0.05) is 54.3 Å². The van der Waals surface area contributed by atoms with Gasteiger partial charge in [0.1, 0.15) is 18.8 Å². The second-order valence-corrected chi connectivity index (χ2v) is 7.77. The molecule has 0 amide bonds. The van der Waals surface area contributed by atoms with E-state index in [1.54, 1.807) is 30.3 Å². The third-order valence-corrected chi connectivity index (χ3v) is 5.35. The summed E-state index contributed by atoms with van der Waals surface area (Å²) in [5.74, 6) is -0.350. The van der Waals surface area contributed by atoms with Gasteiger partial charge in [0.15, 0.2) is 5.76 Å². The molecule has 0 fully saturated rings. The minimum Gasteiger partial charge on any atom is -0.872 e. The van der Waals surface area contributed by atoms with Crippen LogP contribution in [0.3, 0.4) is 0 Å². The molecule has 0 bridgehead atoms. The second kappa shape index (κ2) is 9.08. The molecule has 6 nitrogen and oxygen atoms in total. The summed E-state index contributed by atoms with van der Waals surface area (Å²) in [5, 5.41) is 12.6. The normalized spacial score (nSPS) is 14.7. The fourth-order valence-electron chi connectivity index (χ4n) is 3.75. The summed E-state index contributed by atoms with van der Waals surface area (Å²) in [4.78, 5) is 25.6. The molecule has 162 valence electrons. The van der Waals surface area contributed by atoms with Gasteiger partial charge in [0.2, 0.25) is 5.78 Å². The van der Waals surface area contributed by atoms with Crippen LogP contribution >= 0.6 is 0 Å². The maximum atomic E-state index is 12.9. The van der Waals surface area contributed by atoms with Crippen LogP contribution in [0.5, 0.6) is 11.5 Å². The van der Waals surface area contributed by atoms with Crippen molar-refractivity contribution in [1.29, 1.82) is 0 Å². The Hall–Kier alpha value is -3.90. The van der Waals surface area contributed by atoms with E-state index in [2.05, 4.69) is 0 Å². The minimum atomic E-state index is -0.431. The molecule has 4 rings (SSSR count). The molecule has 0 spiro atoms. The van der Waals surface area contributed by atoms with Crippen LogP contribution in [0, 0.1) is 0 Å². The Morgan fingerprint density at radius 1 is 1.03 bits per heavy atom. The standard InChI is InChI=1S/C26H23NO5/c1-27(15-18-6-4-3-5-7-18)16-21-22(28)13-12-20-24(29)23(32-25(20)21)14-17-8-10-19(11-9-17)26(30)31-2/h3-14,28H,15-16H2,1-2H3. The topological polar surface area (TPSA) is 80.1 Å². The number of nitrogens with one attached hydrogen (secondary N) is 1. The van der Waals surface area contributed by atoms with Gasteiger partial charge in [0.05, 0.1) is 25.3 Å². The van der Waals surface area contributed by atoms with Gasteiger partial charge in [-0.05, 0) is 29.8 Å². The van der Waals surface area contributed by atoms with E-state index in [1.165, 1.54) is 19.2 Å². The first-order valence-electron chi connectivity index (χ1n) is 10.3. The molecule has 32 heavy (non-hydrogen) atoms. The van der Waals surface area contributed by atoms with Crippen molar-refractivity contribution < 1.29 is 29.1 Å². The molecule has 1 aliphatic rings. The highest BCUT2D eigenvalue weighted by atomic mass is 16.5. The van der Waals surface area contributed by atoms with Crippen LogP contribution in [0.1, 0.15) is 37.4 Å². The molecule has 1 aliphatic heterocycles. The number of rotatable bonds is 6. The van der Waals surface area contributed by atoms with Crippen LogP contribution < -0.4 is 14.7 Å². The van der Waals surface area contributed by atoms with E-state index in [9.17, 15) is 14.7 Å². The predicted molar refractivity (Wildman–Crippen MR) is 117 cm³/mol. The molecule has 1 atom stereocenters. The number of fused-ring (bicyclic) bond motifs is 1. The highest BCUT2D eigenvalue weighted by Crippen LogP contribution is 2.38. The Bertz CT molecular complexity index is 1180. The Balaban J connectivity index is 1.56. The molecule has 1 heterocycles. The van der Waals surface area contributed by atoms with Gasteiger partial charge >= 0.3 is 5.97 Å². The number of allylic oxidation sites excluding steroid dienone is 1. The largest absolute Gasteiger partial charge is 0.872 e. The van der Waals surface area contributed by atoms with Crippen molar-refractivity contribution in [3.8, 4) is 11.5 Å². The van der Waals surface area contributed by atoms with Crippen molar-refractivity contribution in [2.24, 2.45) is 0 Å². The smallest absolute Gasteiger partial charge is 0.337 e. The number of carbonyl (C=O) groups excluding carboxylic acids is 2. The first-order chi connectivity index (χ1) is 15.5. The number of ether oxygens (including phenoxy) is 2. The van der Waals surface area contributed by atoms with E-state index in [1.807, 2.05) is 37.4 Å². The summed E-state index contributed by atoms with van der Waals surface area (Å²) in [7, 11) is 3.32. The summed E-state index contributed by atoms with van der Waals surface area (Å²) in [5.41, 5.74) is 3.17. The summed E-state index contributed by atoms with van der Waals surface area (Å²) >= 11 is 0. The van der Waals surface area contributed by atoms with Crippen LogP contribution in [0.15, 0.2) is 72.5 Å². The lowest BCUT2D eigenvalue weighted by Gasteiger charge is -2.20. The van der Waals surface area contributed by atoms with Crippen molar-refractivity contribution in [1.82, 2.24) is 0 Å². The molecule has 0 saturated heterocycles. The maximum absolute atomic E-state index is 12.9. The quantitative estimate of drug-likeness (QED) is 0.481. The van der Waals surface area contributed by atoms with Gasteiger partial charge in [-0.2, -0.15) is 0 Å². The Labute approximate surface area is 186 Å². The SMILES string of the molecule is COC(=O)c1ccc(C=C2Oc3c(ccc([O-])c3C[NH+](C)Cc3ccccc3)C2=O)cc1. The van der Waals surface area contributed by atoms with Crippen LogP contribution in [-0.4, -0.2) is 25.9 Å². The van der Waals surface area contributed by atoms with Gasteiger partial charge in [0, 0.05) is 11.1 Å². The minimum absolute atomic E-state index is 0.146. The zero-order chi connectivity index (χ0) is 22.7. The van der Waals surface area contributed by atoms with Crippen molar-refractivity contribution in [2.75, 3.05) is 14.2 Å². The van der Waals surface area contributed by atoms with Gasteiger partial charge in [-0.25, -0.2) is 4.79 Å². The number of benzene rings is 3. The molecule has 3 aromatic rings. The molecule has 1 N–H and O–H groups in total. The van der Waals surface area contributed by atoms with Crippen molar-refractivity contribution in [3.05, 3.63) is 100 Å². The lowest BCUT2D eigenvalue weighted by atomic mass is 10.0. The van der Waals surface area contributed by atoms with Crippen LogP contribution in [0.25, 0.3) is 6.08 Å². The van der Waals surface area contributed by atoms with E-state index in [0.29, 0.717) is 34.5 Å². The summed E-state index contributed by atoms with van der Waals surface area (Å²) in [6.45, 7) is 1.18. The van der Waals surface area contributed by atoms with Crippen LogP contribution in [0.4, 0.5) is 0 Å². The summed E-state index contributed by atoms with van der Waals surface area (Å²) in [6, 6.07) is 19.6. The number of quaternary nitrogens is 1. The Morgan fingerprint density at radius 2 is 1.75 bits per heavy atom. The number of methoxy groups -OCH3 is 1. The Kier molecular flexibility index (Phi) is 6.05. The molecule has 0 aromatic heterocycles. The zero-order valence-electron chi connectivity index (χ0n) is 17.9. The zero-order valence-corrected chi connectivity index (χ0v) is 17.9. The first kappa shape index (κ1) is 21.3. The van der Waals surface area contributed by atoms with Crippen molar-refractivity contribution >= 4 is 17.8 Å². The van der Waals surface area contributed by atoms with E-state index in [0.717, 1.165) is 17.0 Å². The van der Waals surface area contributed by atoms with Crippen molar-refractivity contribution in [2.45, 2.75) is 13.1 Å². The molecular formula is C26H23NO5. The number of hydrogen-bond acceptors (Lipinski definition) is 5. The van der Waals surface area contributed by atoms with E-state index < -0.39 is 5.97 Å². The van der Waals surface area contributed by atoms with E-state index in [-0.39, 0.29) is 17.3 Å². The number of carbonyl (C=O) groups is 2. The number of hydrogen-bond donors (Lipinski definition) is 1. The molecule has 3 aromatic carbocycles. The number of esters is 1. The first-order valence-corrected chi connectivity index (χ1v) is 10.3. The average Bonchev–Trinajstić information content (AvgIpc) is 3.12. The average molecular weight is 429 g/mol. The third kappa shape index (κ3) is 4.40. The highest BCUT2D eigenvalue weighted by Gasteiger charge is 2.30. The number of Topliss-reactive ketones (excluding diaryl/α,β-unsaturated/α-hetero) is 1. The predicted octanol–water partition coefficient (Wildman–Crippen LogP) is 2.38. The van der Waals surface area contributed by atoms with Gasteiger partial charge in [-0.3, -0.25) is 4.79 Å². The number of ketones is 1. The van der Waals surface area contributed by atoms with Crippen LogP contribution in [0.2, 0.25) is 0 Å². The van der Waals surface area contributed by atoms with Crippen molar-refractivity contribution in [3.63, 3.8) is 0 Å². The monoisotopic (exact) mass is 429 g/mol. The van der Waals surface area contributed by atoms with Gasteiger partial charge in [0.25, 0.3) is 0 Å². The van der Waals surface area contributed by atoms with E-state index in [4.69, 9.17) is 9.47 Å². The fraction of sp³-hybridized carbons (Fsp3) is 0.154. The molecule has 0 radical (unpaired) electrons. The fourth-order valence-corrected chi connectivity index (χ4v) is 3.75. The lowest BCUT2D eigenvalue weighted by Crippen LogP contribution is -3.06. The Morgan fingerprint density at radius 3 is 2.44 bits per heavy atom. The molecular weight excluding hydrogens is 406 g/mol. The lowest BCUT2D eigenvalue weighted by molar-refractivity contribution is -0.907. The van der Waals surface area contributed by atoms with E-state index >= 15 is 0 Å². The molecule has 0 aliphatic carbocycles. The molecule has 6 heteroatoms. The maximum Gasteiger partial charge on any atom is 0.337 e. The van der Waals surface area contributed by atoms with Gasteiger partial charge < -0.3 is 19.5 Å².